The highest BCUT2D eigenvalue weighted by atomic mass is 16.3. The Morgan fingerprint density at radius 1 is 1.56 bits per heavy atom. The van der Waals surface area contributed by atoms with Gasteiger partial charge in [0.2, 0.25) is 0 Å². The molecule has 2 N–H and O–H groups in total. The van der Waals surface area contributed by atoms with Gasteiger partial charge in [0, 0.05) is 12.1 Å². The standard InChI is InChI=1S/C13H24N4O/c1-2-7-15-13(9-18)6-3-4-12(13)5-8-17-11-14-10-16-17/h10-12,15,18H,2-9H2,1H3. The van der Waals surface area contributed by atoms with Crippen molar-refractivity contribution in [3.63, 3.8) is 0 Å². The number of aryl methyl sites for hydroxylation is 1. The van der Waals surface area contributed by atoms with Crippen molar-refractivity contribution in [1.82, 2.24) is 20.1 Å². The summed E-state index contributed by atoms with van der Waals surface area (Å²) in [7, 11) is 0. The number of nitrogens with one attached hydrogen (secondary N) is 1. The normalized spacial score (nSPS) is 27.8. The first-order valence-electron chi connectivity index (χ1n) is 6.99. The molecule has 1 heterocycles. The summed E-state index contributed by atoms with van der Waals surface area (Å²) in [5.74, 6) is 0.540. The van der Waals surface area contributed by atoms with Gasteiger partial charge in [-0.1, -0.05) is 13.3 Å². The van der Waals surface area contributed by atoms with Gasteiger partial charge in [0.05, 0.1) is 6.61 Å². The van der Waals surface area contributed by atoms with Gasteiger partial charge in [-0.15, -0.1) is 0 Å². The van der Waals surface area contributed by atoms with Crippen LogP contribution in [-0.4, -0.2) is 38.6 Å². The molecule has 2 rings (SSSR count). The highest BCUT2D eigenvalue weighted by Gasteiger charge is 2.41. The number of hydrogen-bond acceptors (Lipinski definition) is 4. The lowest BCUT2D eigenvalue weighted by Crippen LogP contribution is -2.51. The van der Waals surface area contributed by atoms with Crippen LogP contribution in [0.3, 0.4) is 0 Å². The molecule has 0 bridgehead atoms. The minimum atomic E-state index is -0.0589. The topological polar surface area (TPSA) is 63.0 Å². The summed E-state index contributed by atoms with van der Waals surface area (Å²) in [6.45, 7) is 4.28. The lowest BCUT2D eigenvalue weighted by molar-refractivity contribution is 0.116. The van der Waals surface area contributed by atoms with Crippen LogP contribution >= 0.6 is 0 Å². The van der Waals surface area contributed by atoms with Crippen LogP contribution in [0.15, 0.2) is 12.7 Å². The van der Waals surface area contributed by atoms with E-state index in [1.165, 1.54) is 12.8 Å². The predicted octanol–water partition coefficient (Wildman–Crippen LogP) is 1.20. The molecule has 0 radical (unpaired) electrons. The second kappa shape index (κ2) is 6.29. The fraction of sp³-hybridized carbons (Fsp3) is 0.846. The average Bonchev–Trinajstić information content (AvgIpc) is 3.04. The fourth-order valence-corrected chi connectivity index (χ4v) is 3.07. The molecule has 1 aromatic rings. The summed E-state index contributed by atoms with van der Waals surface area (Å²) in [6, 6.07) is 0. The monoisotopic (exact) mass is 252 g/mol. The van der Waals surface area contributed by atoms with E-state index in [1.807, 2.05) is 4.68 Å². The van der Waals surface area contributed by atoms with Crippen LogP contribution in [0.2, 0.25) is 0 Å². The third-order valence-corrected chi connectivity index (χ3v) is 4.14. The molecular weight excluding hydrogens is 228 g/mol. The van der Waals surface area contributed by atoms with Gasteiger partial charge >= 0.3 is 0 Å². The number of aliphatic hydroxyl groups excluding tert-OH is 1. The van der Waals surface area contributed by atoms with Crippen molar-refractivity contribution < 1.29 is 5.11 Å². The van der Waals surface area contributed by atoms with Gasteiger partial charge in [-0.2, -0.15) is 5.10 Å². The number of nitrogens with zero attached hydrogens (tertiary/aromatic N) is 3. The number of rotatable bonds is 7. The molecule has 1 aliphatic carbocycles. The average molecular weight is 252 g/mol. The van der Waals surface area contributed by atoms with E-state index in [0.717, 1.165) is 32.4 Å². The van der Waals surface area contributed by atoms with Gasteiger partial charge in [0.25, 0.3) is 0 Å². The largest absolute Gasteiger partial charge is 0.394 e. The van der Waals surface area contributed by atoms with Gasteiger partial charge in [-0.05, 0) is 38.1 Å². The predicted molar refractivity (Wildman–Crippen MR) is 70.1 cm³/mol. The molecule has 0 spiro atoms. The van der Waals surface area contributed by atoms with Gasteiger partial charge in [-0.3, -0.25) is 4.68 Å². The molecule has 18 heavy (non-hydrogen) atoms. The van der Waals surface area contributed by atoms with Crippen LogP contribution in [0, 0.1) is 5.92 Å². The van der Waals surface area contributed by atoms with Crippen molar-refractivity contribution in [3.8, 4) is 0 Å². The summed E-state index contributed by atoms with van der Waals surface area (Å²) in [6.07, 6.45) is 8.99. The second-order valence-corrected chi connectivity index (χ2v) is 5.28. The lowest BCUT2D eigenvalue weighted by Gasteiger charge is -2.35. The van der Waals surface area contributed by atoms with E-state index in [1.54, 1.807) is 12.7 Å². The van der Waals surface area contributed by atoms with Crippen LogP contribution < -0.4 is 5.32 Å². The van der Waals surface area contributed by atoms with Crippen molar-refractivity contribution in [2.45, 2.75) is 51.1 Å². The van der Waals surface area contributed by atoms with Crippen LogP contribution in [0.5, 0.6) is 0 Å². The van der Waals surface area contributed by atoms with E-state index in [-0.39, 0.29) is 12.1 Å². The van der Waals surface area contributed by atoms with Gasteiger partial charge in [-0.25, -0.2) is 4.98 Å². The molecular formula is C13H24N4O. The Labute approximate surface area is 109 Å². The molecule has 2 atom stereocenters. The minimum absolute atomic E-state index is 0.0589. The number of aliphatic hydroxyl groups is 1. The molecule has 0 aromatic carbocycles. The Kier molecular flexibility index (Phi) is 4.72. The summed E-state index contributed by atoms with van der Waals surface area (Å²) >= 11 is 0. The van der Waals surface area contributed by atoms with Gasteiger partial charge in [0.15, 0.2) is 0 Å². The van der Waals surface area contributed by atoms with E-state index >= 15 is 0 Å². The Balaban J connectivity index is 1.92. The first-order chi connectivity index (χ1) is 8.80. The molecule has 1 aliphatic rings. The molecule has 102 valence electrons. The maximum Gasteiger partial charge on any atom is 0.137 e. The Morgan fingerprint density at radius 3 is 3.11 bits per heavy atom. The number of aromatic nitrogens is 3. The van der Waals surface area contributed by atoms with Crippen LogP contribution in [-0.2, 0) is 6.54 Å². The van der Waals surface area contributed by atoms with Crippen molar-refractivity contribution in [1.29, 1.82) is 0 Å². The minimum Gasteiger partial charge on any atom is -0.394 e. The molecule has 0 saturated heterocycles. The first-order valence-corrected chi connectivity index (χ1v) is 6.99. The lowest BCUT2D eigenvalue weighted by atomic mass is 9.85. The maximum absolute atomic E-state index is 9.77. The van der Waals surface area contributed by atoms with E-state index in [4.69, 9.17) is 0 Å². The van der Waals surface area contributed by atoms with Gasteiger partial charge in [0.1, 0.15) is 12.7 Å². The van der Waals surface area contributed by atoms with Crippen LogP contribution in [0.1, 0.15) is 39.0 Å². The first kappa shape index (κ1) is 13.5. The summed E-state index contributed by atoms with van der Waals surface area (Å²) in [5, 5.41) is 17.5. The summed E-state index contributed by atoms with van der Waals surface area (Å²) in [4.78, 5) is 3.96. The van der Waals surface area contributed by atoms with Crippen molar-refractivity contribution >= 4 is 0 Å². The highest BCUT2D eigenvalue weighted by Crippen LogP contribution is 2.37. The molecule has 1 fully saturated rings. The molecule has 1 aromatic heterocycles. The van der Waals surface area contributed by atoms with Crippen LogP contribution in [0.4, 0.5) is 0 Å². The smallest absolute Gasteiger partial charge is 0.137 e. The number of hydrogen-bond donors (Lipinski definition) is 2. The van der Waals surface area contributed by atoms with E-state index in [9.17, 15) is 5.11 Å². The summed E-state index contributed by atoms with van der Waals surface area (Å²) in [5.41, 5.74) is -0.0589. The van der Waals surface area contributed by atoms with E-state index in [0.29, 0.717) is 5.92 Å². The third-order valence-electron chi connectivity index (χ3n) is 4.14. The van der Waals surface area contributed by atoms with Crippen LogP contribution in [0.25, 0.3) is 0 Å². The molecule has 0 amide bonds. The van der Waals surface area contributed by atoms with Crippen molar-refractivity contribution in [3.05, 3.63) is 12.7 Å². The summed E-state index contributed by atoms with van der Waals surface area (Å²) < 4.78 is 1.88. The van der Waals surface area contributed by atoms with Gasteiger partial charge < -0.3 is 10.4 Å². The third kappa shape index (κ3) is 2.90. The molecule has 1 saturated carbocycles. The maximum atomic E-state index is 9.77. The Hall–Kier alpha value is -0.940. The highest BCUT2D eigenvalue weighted by molar-refractivity contribution is 4.98. The molecule has 5 heteroatoms. The fourth-order valence-electron chi connectivity index (χ4n) is 3.07. The SMILES string of the molecule is CCCNC1(CO)CCCC1CCn1cncn1. The second-order valence-electron chi connectivity index (χ2n) is 5.28. The Morgan fingerprint density at radius 2 is 2.44 bits per heavy atom. The molecule has 5 nitrogen and oxygen atoms in total. The Bertz CT molecular complexity index is 341. The van der Waals surface area contributed by atoms with Crippen molar-refractivity contribution in [2.75, 3.05) is 13.2 Å². The zero-order valence-corrected chi connectivity index (χ0v) is 11.2. The van der Waals surface area contributed by atoms with E-state index < -0.39 is 0 Å². The molecule has 2 unspecified atom stereocenters. The quantitative estimate of drug-likeness (QED) is 0.765. The van der Waals surface area contributed by atoms with E-state index in [2.05, 4.69) is 22.3 Å². The zero-order chi connectivity index (χ0) is 12.8. The molecule has 0 aliphatic heterocycles. The van der Waals surface area contributed by atoms with Crippen molar-refractivity contribution in [2.24, 2.45) is 5.92 Å². The zero-order valence-electron chi connectivity index (χ0n) is 11.2.